The summed E-state index contributed by atoms with van der Waals surface area (Å²) in [5.74, 6) is 0.433. The normalized spacial score (nSPS) is 38.7. The number of fused-ring (bicyclic) bond motifs is 1. The Morgan fingerprint density at radius 3 is 2.94 bits per heavy atom. The van der Waals surface area contributed by atoms with E-state index in [1.165, 1.54) is 0 Å². The van der Waals surface area contributed by atoms with Crippen molar-refractivity contribution in [3.63, 3.8) is 0 Å². The van der Waals surface area contributed by atoms with Gasteiger partial charge in [-0.3, -0.25) is 4.79 Å². The predicted molar refractivity (Wildman–Crippen MR) is 61.0 cm³/mol. The molecule has 2 rings (SSSR count). The number of ether oxygens (including phenoxy) is 2. The smallest absolute Gasteiger partial charge is 0.311 e. The lowest BCUT2D eigenvalue weighted by molar-refractivity contribution is -0.157. The summed E-state index contributed by atoms with van der Waals surface area (Å²) in [6.45, 7) is 6.80. The minimum atomic E-state index is -0.300. The van der Waals surface area contributed by atoms with Gasteiger partial charge in [0.1, 0.15) is 0 Å². The molecule has 2 fully saturated rings. The Morgan fingerprint density at radius 1 is 1.56 bits per heavy atom. The molecule has 16 heavy (non-hydrogen) atoms. The molecule has 0 amide bonds. The summed E-state index contributed by atoms with van der Waals surface area (Å²) in [6.07, 6.45) is 4.59. The fraction of sp³-hybridized carbons (Fsp3) is 0.923. The molecule has 0 radical (unpaired) electrons. The van der Waals surface area contributed by atoms with Gasteiger partial charge in [-0.1, -0.05) is 20.3 Å². The Hall–Kier alpha value is -0.570. The minimum Gasteiger partial charge on any atom is -0.465 e. The summed E-state index contributed by atoms with van der Waals surface area (Å²) in [5.41, 5.74) is -0.300. The maximum Gasteiger partial charge on any atom is 0.311 e. The van der Waals surface area contributed by atoms with Crippen molar-refractivity contribution in [3.05, 3.63) is 0 Å². The molecule has 0 spiro atoms. The van der Waals surface area contributed by atoms with Crippen LogP contribution in [0.5, 0.6) is 0 Å². The standard InChI is InChI=1S/C13H22O3/c1-4-9(2)8-15-12(14)13(3)6-5-10-11(7-13)16-10/h9-11H,4-8H2,1-3H3. The van der Waals surface area contributed by atoms with Gasteiger partial charge in [0.25, 0.3) is 0 Å². The Morgan fingerprint density at radius 2 is 2.31 bits per heavy atom. The van der Waals surface area contributed by atoms with Crippen molar-refractivity contribution in [2.24, 2.45) is 11.3 Å². The quantitative estimate of drug-likeness (QED) is 0.546. The molecule has 0 aromatic carbocycles. The maximum absolute atomic E-state index is 12.0. The van der Waals surface area contributed by atoms with E-state index in [2.05, 4.69) is 13.8 Å². The Kier molecular flexibility index (Phi) is 3.24. The van der Waals surface area contributed by atoms with Crippen LogP contribution in [0, 0.1) is 11.3 Å². The van der Waals surface area contributed by atoms with Crippen molar-refractivity contribution in [1.82, 2.24) is 0 Å². The zero-order valence-corrected chi connectivity index (χ0v) is 10.5. The van der Waals surface area contributed by atoms with Crippen molar-refractivity contribution in [2.45, 2.75) is 58.7 Å². The number of carbonyl (C=O) groups is 1. The van der Waals surface area contributed by atoms with E-state index < -0.39 is 0 Å². The summed E-state index contributed by atoms with van der Waals surface area (Å²) in [7, 11) is 0. The van der Waals surface area contributed by atoms with Crippen LogP contribution in [0.4, 0.5) is 0 Å². The Labute approximate surface area is 97.5 Å². The molecule has 0 bridgehead atoms. The lowest BCUT2D eigenvalue weighted by Gasteiger charge is -2.29. The average molecular weight is 226 g/mol. The highest BCUT2D eigenvalue weighted by molar-refractivity contribution is 5.76. The highest BCUT2D eigenvalue weighted by Crippen LogP contribution is 2.46. The molecule has 2 aliphatic rings. The third-order valence-corrected chi connectivity index (χ3v) is 4.01. The van der Waals surface area contributed by atoms with Gasteiger partial charge in [-0.25, -0.2) is 0 Å². The highest BCUT2D eigenvalue weighted by atomic mass is 16.6. The first-order chi connectivity index (χ1) is 7.55. The fourth-order valence-corrected chi connectivity index (χ4v) is 2.31. The molecular formula is C13H22O3. The topological polar surface area (TPSA) is 38.8 Å². The monoisotopic (exact) mass is 226 g/mol. The fourth-order valence-electron chi connectivity index (χ4n) is 2.31. The molecule has 3 heteroatoms. The third-order valence-electron chi connectivity index (χ3n) is 4.01. The van der Waals surface area contributed by atoms with Gasteiger partial charge < -0.3 is 9.47 Å². The van der Waals surface area contributed by atoms with Crippen LogP contribution in [0.2, 0.25) is 0 Å². The molecular weight excluding hydrogens is 204 g/mol. The van der Waals surface area contributed by atoms with Gasteiger partial charge in [-0.15, -0.1) is 0 Å². The van der Waals surface area contributed by atoms with Gasteiger partial charge in [-0.2, -0.15) is 0 Å². The van der Waals surface area contributed by atoms with Crippen molar-refractivity contribution in [1.29, 1.82) is 0 Å². The first-order valence-corrected chi connectivity index (χ1v) is 6.38. The first kappa shape index (κ1) is 11.9. The summed E-state index contributed by atoms with van der Waals surface area (Å²) >= 11 is 0. The second-order valence-corrected chi connectivity index (χ2v) is 5.63. The predicted octanol–water partition coefficient (Wildman–Crippen LogP) is 2.53. The van der Waals surface area contributed by atoms with Gasteiger partial charge in [0.2, 0.25) is 0 Å². The molecule has 4 unspecified atom stereocenters. The molecule has 4 atom stereocenters. The lowest BCUT2D eigenvalue weighted by atomic mass is 9.76. The molecule has 92 valence electrons. The van der Waals surface area contributed by atoms with Crippen LogP contribution >= 0.6 is 0 Å². The van der Waals surface area contributed by atoms with Crippen LogP contribution in [0.1, 0.15) is 46.5 Å². The molecule has 0 N–H and O–H groups in total. The van der Waals surface area contributed by atoms with E-state index in [0.29, 0.717) is 24.7 Å². The van der Waals surface area contributed by atoms with Crippen LogP contribution in [0.3, 0.4) is 0 Å². The van der Waals surface area contributed by atoms with E-state index in [-0.39, 0.29) is 11.4 Å². The number of epoxide rings is 1. The van der Waals surface area contributed by atoms with E-state index in [0.717, 1.165) is 25.7 Å². The van der Waals surface area contributed by atoms with E-state index >= 15 is 0 Å². The van der Waals surface area contributed by atoms with Crippen LogP contribution < -0.4 is 0 Å². The molecule has 1 saturated heterocycles. The molecule has 0 aromatic heterocycles. The van der Waals surface area contributed by atoms with Crippen molar-refractivity contribution in [2.75, 3.05) is 6.61 Å². The summed E-state index contributed by atoms with van der Waals surface area (Å²) in [6, 6.07) is 0. The molecule has 1 heterocycles. The molecule has 1 saturated carbocycles. The first-order valence-electron chi connectivity index (χ1n) is 6.38. The second kappa shape index (κ2) is 4.36. The number of rotatable bonds is 4. The molecule has 1 aliphatic carbocycles. The van der Waals surface area contributed by atoms with Gasteiger partial charge in [0, 0.05) is 0 Å². The van der Waals surface area contributed by atoms with Crippen molar-refractivity contribution < 1.29 is 14.3 Å². The summed E-state index contributed by atoms with van der Waals surface area (Å²) < 4.78 is 10.9. The largest absolute Gasteiger partial charge is 0.465 e. The van der Waals surface area contributed by atoms with E-state index in [4.69, 9.17) is 9.47 Å². The Balaban J connectivity index is 1.83. The maximum atomic E-state index is 12.0. The third kappa shape index (κ3) is 2.40. The van der Waals surface area contributed by atoms with Crippen LogP contribution in [-0.2, 0) is 14.3 Å². The van der Waals surface area contributed by atoms with Crippen molar-refractivity contribution >= 4 is 5.97 Å². The Bertz CT molecular complexity index is 276. The number of carbonyl (C=O) groups excluding carboxylic acids is 1. The van der Waals surface area contributed by atoms with E-state index in [9.17, 15) is 4.79 Å². The summed E-state index contributed by atoms with van der Waals surface area (Å²) in [4.78, 5) is 12.0. The van der Waals surface area contributed by atoms with Gasteiger partial charge in [0.05, 0.1) is 24.2 Å². The number of hydrogen-bond acceptors (Lipinski definition) is 3. The highest BCUT2D eigenvalue weighted by Gasteiger charge is 2.52. The van der Waals surface area contributed by atoms with Gasteiger partial charge in [0.15, 0.2) is 0 Å². The van der Waals surface area contributed by atoms with Crippen molar-refractivity contribution in [3.8, 4) is 0 Å². The zero-order chi connectivity index (χ0) is 11.8. The van der Waals surface area contributed by atoms with Gasteiger partial charge in [-0.05, 0) is 32.1 Å². The average Bonchev–Trinajstić information content (AvgIpc) is 3.03. The summed E-state index contributed by atoms with van der Waals surface area (Å²) in [5, 5.41) is 0. The number of hydrogen-bond donors (Lipinski definition) is 0. The van der Waals surface area contributed by atoms with E-state index in [1.807, 2.05) is 6.92 Å². The van der Waals surface area contributed by atoms with Gasteiger partial charge >= 0.3 is 5.97 Å². The molecule has 1 aliphatic heterocycles. The lowest BCUT2D eigenvalue weighted by Crippen LogP contribution is -2.35. The SMILES string of the molecule is CCC(C)COC(=O)C1(C)CCC2OC2C1. The van der Waals surface area contributed by atoms with Crippen LogP contribution in [-0.4, -0.2) is 24.8 Å². The molecule has 3 nitrogen and oxygen atoms in total. The van der Waals surface area contributed by atoms with Crippen LogP contribution in [0.15, 0.2) is 0 Å². The van der Waals surface area contributed by atoms with Crippen LogP contribution in [0.25, 0.3) is 0 Å². The second-order valence-electron chi connectivity index (χ2n) is 5.63. The zero-order valence-electron chi connectivity index (χ0n) is 10.5. The minimum absolute atomic E-state index is 0.0262. The number of esters is 1. The molecule has 0 aromatic rings. The van der Waals surface area contributed by atoms with E-state index in [1.54, 1.807) is 0 Å².